The molecule has 3 aromatic rings. The number of benzene rings is 3. The summed E-state index contributed by atoms with van der Waals surface area (Å²) in [5, 5.41) is 3.84. The molecule has 45 heavy (non-hydrogen) atoms. The molecule has 1 saturated carbocycles. The molecule has 1 fully saturated rings. The molecule has 0 heterocycles. The Balaban J connectivity index is 1.61. The summed E-state index contributed by atoms with van der Waals surface area (Å²) >= 11 is 12.4. The minimum absolute atomic E-state index is 0.0193. The van der Waals surface area contributed by atoms with Crippen LogP contribution < -0.4 is 9.62 Å². The van der Waals surface area contributed by atoms with E-state index in [-0.39, 0.29) is 55.9 Å². The molecule has 0 saturated heterocycles. The van der Waals surface area contributed by atoms with Gasteiger partial charge in [0.1, 0.15) is 6.04 Å². The molecule has 1 aliphatic rings. The standard InChI is InChI=1S/C33H37Cl2F2N3O4S/c1-45(43,44)40(26-15-17-29(36)30(37)21-26)18-8-13-32(41)39(22-24-14-16-27(34)28(35)19-24)31(20-23-9-4-2-5-10-23)33(42)38-25-11-6-3-7-12-25/h2,4-5,9-10,14-17,19,21,25,31H,3,6-8,11-13,18,20,22H2,1H3,(H,38,42)/t31-/m1/s1. The van der Waals surface area contributed by atoms with Crippen molar-refractivity contribution in [2.45, 2.75) is 70.0 Å². The average Bonchev–Trinajstić information content (AvgIpc) is 3.00. The third-order valence-electron chi connectivity index (χ3n) is 7.90. The monoisotopic (exact) mass is 679 g/mol. The van der Waals surface area contributed by atoms with Crippen LogP contribution in [0.4, 0.5) is 14.5 Å². The van der Waals surface area contributed by atoms with E-state index in [0.29, 0.717) is 15.6 Å². The van der Waals surface area contributed by atoms with Gasteiger partial charge in [-0.2, -0.15) is 0 Å². The zero-order valence-corrected chi connectivity index (χ0v) is 27.4. The van der Waals surface area contributed by atoms with Crippen molar-refractivity contribution in [1.82, 2.24) is 10.2 Å². The molecular weight excluding hydrogens is 643 g/mol. The van der Waals surface area contributed by atoms with Crippen molar-refractivity contribution >= 4 is 50.7 Å². The summed E-state index contributed by atoms with van der Waals surface area (Å²) < 4.78 is 53.5. The number of nitrogens with one attached hydrogen (secondary N) is 1. The number of nitrogens with zero attached hydrogens (tertiary/aromatic N) is 2. The third kappa shape index (κ3) is 9.89. The first-order valence-electron chi connectivity index (χ1n) is 14.9. The van der Waals surface area contributed by atoms with Crippen LogP contribution in [0.5, 0.6) is 0 Å². The van der Waals surface area contributed by atoms with Crippen LogP contribution in [0.25, 0.3) is 0 Å². The Hall–Kier alpha value is -3.21. The van der Waals surface area contributed by atoms with E-state index in [1.165, 1.54) is 11.0 Å². The van der Waals surface area contributed by atoms with Crippen molar-refractivity contribution in [2.75, 3.05) is 17.1 Å². The molecule has 1 aliphatic carbocycles. The van der Waals surface area contributed by atoms with Gasteiger partial charge in [-0.3, -0.25) is 13.9 Å². The fraction of sp³-hybridized carbons (Fsp3) is 0.394. The molecular formula is C33H37Cl2F2N3O4S. The number of carbonyl (C=O) groups excluding carboxylic acids is 2. The van der Waals surface area contributed by atoms with Crippen LogP contribution in [0.2, 0.25) is 10.0 Å². The Bertz CT molecular complexity index is 1590. The van der Waals surface area contributed by atoms with E-state index in [2.05, 4.69) is 5.32 Å². The quantitative estimate of drug-likeness (QED) is 0.213. The first kappa shape index (κ1) is 34.7. The van der Waals surface area contributed by atoms with Gasteiger partial charge in [0, 0.05) is 38.0 Å². The predicted molar refractivity (Wildman–Crippen MR) is 174 cm³/mol. The molecule has 0 spiro atoms. The van der Waals surface area contributed by atoms with Crippen molar-refractivity contribution in [3.05, 3.63) is 99.5 Å². The van der Waals surface area contributed by atoms with E-state index in [9.17, 15) is 26.8 Å². The normalized spacial score (nSPS) is 14.5. The summed E-state index contributed by atoms with van der Waals surface area (Å²) in [6.45, 7) is -0.0991. The number of hydrogen-bond acceptors (Lipinski definition) is 4. The molecule has 1 N–H and O–H groups in total. The lowest BCUT2D eigenvalue weighted by Gasteiger charge is -2.34. The number of amides is 2. The molecule has 0 aliphatic heterocycles. The summed E-state index contributed by atoms with van der Waals surface area (Å²) in [6, 6.07) is 16.4. The van der Waals surface area contributed by atoms with Crippen LogP contribution >= 0.6 is 23.2 Å². The van der Waals surface area contributed by atoms with Crippen LogP contribution in [0, 0.1) is 11.6 Å². The van der Waals surface area contributed by atoms with Gasteiger partial charge in [0.05, 0.1) is 22.0 Å². The fourth-order valence-corrected chi connectivity index (χ4v) is 6.85. The molecule has 4 rings (SSSR count). The van der Waals surface area contributed by atoms with Crippen molar-refractivity contribution in [1.29, 1.82) is 0 Å². The number of sulfonamides is 1. The van der Waals surface area contributed by atoms with Crippen molar-refractivity contribution < 1.29 is 26.8 Å². The number of carbonyl (C=O) groups is 2. The first-order valence-corrected chi connectivity index (χ1v) is 17.5. The van der Waals surface area contributed by atoms with Crippen molar-refractivity contribution in [2.24, 2.45) is 0 Å². The highest BCUT2D eigenvalue weighted by Crippen LogP contribution is 2.26. The fourth-order valence-electron chi connectivity index (χ4n) is 5.58. The second-order valence-electron chi connectivity index (χ2n) is 11.4. The first-order chi connectivity index (χ1) is 21.4. The SMILES string of the molecule is CS(=O)(=O)N(CCCC(=O)N(Cc1ccc(Cl)c(Cl)c1)[C@H](Cc1ccccc1)C(=O)NC1CCCCC1)c1ccc(F)c(F)c1. The number of hydrogen-bond donors (Lipinski definition) is 1. The molecule has 12 heteroatoms. The minimum atomic E-state index is -3.88. The Morgan fingerprint density at radius 2 is 1.62 bits per heavy atom. The Labute approximate surface area is 273 Å². The number of anilines is 1. The third-order valence-corrected chi connectivity index (χ3v) is 9.84. The van der Waals surface area contributed by atoms with Gasteiger partial charge in [0.25, 0.3) is 0 Å². The van der Waals surface area contributed by atoms with Gasteiger partial charge >= 0.3 is 0 Å². The second-order valence-corrected chi connectivity index (χ2v) is 14.1. The summed E-state index contributed by atoms with van der Waals surface area (Å²) in [4.78, 5) is 29.4. The van der Waals surface area contributed by atoms with Gasteiger partial charge in [-0.1, -0.05) is 78.9 Å². The lowest BCUT2D eigenvalue weighted by molar-refractivity contribution is -0.141. The van der Waals surface area contributed by atoms with E-state index in [1.54, 1.807) is 18.2 Å². The number of rotatable bonds is 13. The summed E-state index contributed by atoms with van der Waals surface area (Å²) in [5.41, 5.74) is 1.49. The summed E-state index contributed by atoms with van der Waals surface area (Å²) in [7, 11) is -3.88. The van der Waals surface area contributed by atoms with E-state index in [4.69, 9.17) is 23.2 Å². The summed E-state index contributed by atoms with van der Waals surface area (Å²) in [6.07, 6.45) is 6.07. The van der Waals surface area contributed by atoms with Gasteiger partial charge in [-0.25, -0.2) is 17.2 Å². The van der Waals surface area contributed by atoms with Crippen LogP contribution in [0.15, 0.2) is 66.7 Å². The van der Waals surface area contributed by atoms with E-state index in [0.717, 1.165) is 60.4 Å². The lowest BCUT2D eigenvalue weighted by atomic mass is 9.94. The molecule has 7 nitrogen and oxygen atoms in total. The zero-order valence-electron chi connectivity index (χ0n) is 25.0. The largest absolute Gasteiger partial charge is 0.352 e. The molecule has 0 radical (unpaired) electrons. The maximum atomic E-state index is 14.0. The van der Waals surface area contributed by atoms with E-state index >= 15 is 0 Å². The van der Waals surface area contributed by atoms with Crippen molar-refractivity contribution in [3.8, 4) is 0 Å². The van der Waals surface area contributed by atoms with Crippen LogP contribution in [-0.2, 0) is 32.6 Å². The molecule has 242 valence electrons. The molecule has 3 aromatic carbocycles. The van der Waals surface area contributed by atoms with Gasteiger partial charge < -0.3 is 10.2 Å². The van der Waals surface area contributed by atoms with Gasteiger partial charge in [-0.15, -0.1) is 0 Å². The Kier molecular flexibility index (Phi) is 12.2. The van der Waals surface area contributed by atoms with Crippen LogP contribution in [-0.4, -0.2) is 50.0 Å². The van der Waals surface area contributed by atoms with Crippen LogP contribution in [0.1, 0.15) is 56.1 Å². The second kappa shape index (κ2) is 15.9. The van der Waals surface area contributed by atoms with Crippen molar-refractivity contribution in [3.63, 3.8) is 0 Å². The highest BCUT2D eigenvalue weighted by Gasteiger charge is 2.32. The smallest absolute Gasteiger partial charge is 0.243 e. The highest BCUT2D eigenvalue weighted by atomic mass is 35.5. The Morgan fingerprint density at radius 3 is 2.27 bits per heavy atom. The van der Waals surface area contributed by atoms with E-state index in [1.807, 2.05) is 30.3 Å². The van der Waals surface area contributed by atoms with Gasteiger partial charge in [0.15, 0.2) is 11.6 Å². The molecule has 1 atom stereocenters. The van der Waals surface area contributed by atoms with Gasteiger partial charge in [0.2, 0.25) is 21.8 Å². The van der Waals surface area contributed by atoms with Gasteiger partial charge in [-0.05, 0) is 54.7 Å². The Morgan fingerprint density at radius 1 is 0.911 bits per heavy atom. The average molecular weight is 681 g/mol. The maximum Gasteiger partial charge on any atom is 0.243 e. The molecule has 0 unspecified atom stereocenters. The maximum absolute atomic E-state index is 14.0. The number of halogens is 4. The minimum Gasteiger partial charge on any atom is -0.352 e. The molecule has 0 aromatic heterocycles. The lowest BCUT2D eigenvalue weighted by Crippen LogP contribution is -2.52. The molecule has 0 bridgehead atoms. The predicted octanol–water partition coefficient (Wildman–Crippen LogP) is 6.91. The molecule has 2 amide bonds. The zero-order chi connectivity index (χ0) is 32.6. The van der Waals surface area contributed by atoms with E-state index < -0.39 is 27.7 Å². The highest BCUT2D eigenvalue weighted by molar-refractivity contribution is 7.92. The summed E-state index contributed by atoms with van der Waals surface area (Å²) in [5.74, 6) is -2.92. The topological polar surface area (TPSA) is 86.8 Å². The van der Waals surface area contributed by atoms with Crippen LogP contribution in [0.3, 0.4) is 0 Å².